The number of aromatic nitrogens is 2. The Kier molecular flexibility index (Phi) is 7.32. The van der Waals surface area contributed by atoms with Gasteiger partial charge in [-0.15, -0.1) is 0 Å². The van der Waals surface area contributed by atoms with Crippen LogP contribution in [0.1, 0.15) is 50.3 Å². The number of nitrogens with zero attached hydrogens (tertiary/aromatic N) is 6. The molecule has 0 bridgehead atoms. The maximum Gasteiger partial charge on any atom is 0.410 e. The molecular formula is C28H36ClN7O4S. The Morgan fingerprint density at radius 3 is 2.54 bits per heavy atom. The number of carbonyl (C=O) groups excluding carboxylic acids is 1. The van der Waals surface area contributed by atoms with Crippen LogP contribution in [0.4, 0.5) is 16.3 Å². The van der Waals surface area contributed by atoms with Crippen molar-refractivity contribution in [2.75, 3.05) is 49.6 Å². The number of nitrogens with one attached hydrogen (secondary N) is 1. The second-order valence-corrected chi connectivity index (χ2v) is 14.4. The summed E-state index contributed by atoms with van der Waals surface area (Å²) in [5, 5.41) is 16.1. The average Bonchev–Trinajstić information content (AvgIpc) is 3.38. The largest absolute Gasteiger partial charge is 0.425 e. The highest BCUT2D eigenvalue weighted by atomic mass is 35.5. The standard InChI is InChI=1S/C28H36ClN7O4S/c1-19-14-25(36(32-19)20-4-3-5-20)35-17-22(16-26(35)40-27(37)31-28(18-30)8-9-28)41(38,39)24-7-6-21(15-23(24)29)34-12-10-33(2)11-13-34/h6-7,14-15,20,22,26H,3-5,8-13,16-17H2,1-2H3,(H,31,37)/t22-,26+/m1/s1. The van der Waals surface area contributed by atoms with Gasteiger partial charge in [0.05, 0.1) is 33.0 Å². The van der Waals surface area contributed by atoms with Gasteiger partial charge in [0.1, 0.15) is 11.4 Å². The Balaban J connectivity index is 1.27. The Labute approximate surface area is 245 Å². The molecule has 1 amide bonds. The number of sulfone groups is 1. The molecule has 0 radical (unpaired) electrons. The van der Waals surface area contributed by atoms with Crippen LogP contribution in [-0.4, -0.2) is 86.0 Å². The van der Waals surface area contributed by atoms with Crippen molar-refractivity contribution in [3.05, 3.63) is 35.0 Å². The van der Waals surface area contributed by atoms with Crippen molar-refractivity contribution in [1.82, 2.24) is 20.0 Å². The third kappa shape index (κ3) is 5.47. The summed E-state index contributed by atoms with van der Waals surface area (Å²) in [6.07, 6.45) is 2.74. The normalized spacial score (nSPS) is 24.5. The van der Waals surface area contributed by atoms with Crippen LogP contribution in [-0.2, 0) is 14.6 Å². The second-order valence-electron chi connectivity index (χ2n) is 11.8. The first-order valence-electron chi connectivity index (χ1n) is 14.3. The number of piperazine rings is 1. The van der Waals surface area contributed by atoms with E-state index in [0.29, 0.717) is 12.8 Å². The summed E-state index contributed by atoms with van der Waals surface area (Å²) < 4.78 is 35.8. The number of halogens is 1. The summed E-state index contributed by atoms with van der Waals surface area (Å²) in [4.78, 5) is 19.2. The highest BCUT2D eigenvalue weighted by molar-refractivity contribution is 7.92. The maximum atomic E-state index is 14.0. The molecule has 6 rings (SSSR count). The van der Waals surface area contributed by atoms with Crippen molar-refractivity contribution in [3.8, 4) is 6.07 Å². The summed E-state index contributed by atoms with van der Waals surface area (Å²) in [7, 11) is -1.79. The quantitative estimate of drug-likeness (QED) is 0.508. The summed E-state index contributed by atoms with van der Waals surface area (Å²) in [6, 6.07) is 9.43. The lowest BCUT2D eigenvalue weighted by molar-refractivity contribution is 0.0990. The van der Waals surface area contributed by atoms with Crippen molar-refractivity contribution in [2.45, 2.75) is 73.4 Å². The highest BCUT2D eigenvalue weighted by Gasteiger charge is 2.48. The molecule has 11 nitrogen and oxygen atoms in total. The molecule has 4 fully saturated rings. The van der Waals surface area contributed by atoms with Gasteiger partial charge in [-0.25, -0.2) is 17.9 Å². The van der Waals surface area contributed by atoms with E-state index in [1.165, 1.54) is 0 Å². The van der Waals surface area contributed by atoms with E-state index < -0.39 is 32.9 Å². The number of nitriles is 1. The molecule has 2 saturated heterocycles. The number of alkyl carbamates (subject to hydrolysis) is 1. The number of anilines is 2. The monoisotopic (exact) mass is 601 g/mol. The van der Waals surface area contributed by atoms with Crippen molar-refractivity contribution < 1.29 is 17.9 Å². The summed E-state index contributed by atoms with van der Waals surface area (Å²) >= 11 is 6.64. The maximum absolute atomic E-state index is 14.0. The molecule has 0 spiro atoms. The Morgan fingerprint density at radius 1 is 1.20 bits per heavy atom. The van der Waals surface area contributed by atoms with E-state index in [-0.39, 0.29) is 28.9 Å². The van der Waals surface area contributed by atoms with E-state index in [1.54, 1.807) is 12.1 Å². The molecule has 220 valence electrons. The number of carbonyl (C=O) groups is 1. The topological polar surface area (TPSA) is 124 Å². The van der Waals surface area contributed by atoms with Gasteiger partial charge >= 0.3 is 6.09 Å². The fourth-order valence-electron chi connectivity index (χ4n) is 5.86. The summed E-state index contributed by atoms with van der Waals surface area (Å²) in [5.74, 6) is 0.737. The van der Waals surface area contributed by atoms with Gasteiger partial charge in [-0.1, -0.05) is 11.6 Å². The van der Waals surface area contributed by atoms with E-state index >= 15 is 0 Å². The van der Waals surface area contributed by atoms with Gasteiger partial charge in [0, 0.05) is 50.9 Å². The van der Waals surface area contributed by atoms with Gasteiger partial charge in [-0.05, 0) is 64.3 Å². The Hall–Kier alpha value is -3.01. The molecule has 4 aliphatic rings. The van der Waals surface area contributed by atoms with Crippen LogP contribution in [0, 0.1) is 18.3 Å². The van der Waals surface area contributed by atoms with Gasteiger partial charge in [0.2, 0.25) is 0 Å². The molecule has 2 aliphatic carbocycles. The van der Waals surface area contributed by atoms with E-state index in [2.05, 4.69) is 33.3 Å². The minimum Gasteiger partial charge on any atom is -0.425 e. The zero-order chi connectivity index (χ0) is 28.9. The smallest absolute Gasteiger partial charge is 0.410 e. The van der Waals surface area contributed by atoms with E-state index in [1.807, 2.05) is 28.6 Å². The third-order valence-electron chi connectivity index (χ3n) is 8.84. The molecular weight excluding hydrogens is 566 g/mol. The zero-order valence-corrected chi connectivity index (χ0v) is 25.0. The molecule has 1 aromatic carbocycles. The first kappa shape index (κ1) is 28.1. The van der Waals surface area contributed by atoms with Crippen molar-refractivity contribution in [2.24, 2.45) is 0 Å². The molecule has 13 heteroatoms. The van der Waals surface area contributed by atoms with Crippen LogP contribution in [0.25, 0.3) is 0 Å². The molecule has 2 aliphatic heterocycles. The van der Waals surface area contributed by atoms with Crippen molar-refractivity contribution in [3.63, 3.8) is 0 Å². The Morgan fingerprint density at radius 2 is 1.93 bits per heavy atom. The number of rotatable bonds is 7. The van der Waals surface area contributed by atoms with Crippen LogP contribution in [0.5, 0.6) is 0 Å². The van der Waals surface area contributed by atoms with Crippen molar-refractivity contribution >= 4 is 39.0 Å². The number of hydrogen-bond donors (Lipinski definition) is 1. The van der Waals surface area contributed by atoms with Gasteiger partial charge in [0.25, 0.3) is 0 Å². The SMILES string of the molecule is Cc1cc(N2C[C@H](S(=O)(=O)c3ccc(N4CCN(C)CC4)cc3Cl)C[C@@H]2OC(=O)NC2(C#N)CC2)n(C2CCC2)n1. The summed E-state index contributed by atoms with van der Waals surface area (Å²) in [6.45, 7) is 5.57. The van der Waals surface area contributed by atoms with E-state index in [4.69, 9.17) is 16.3 Å². The lowest BCUT2D eigenvalue weighted by atomic mass is 9.93. The number of hydrogen-bond acceptors (Lipinski definition) is 9. The van der Waals surface area contributed by atoms with Crippen LogP contribution >= 0.6 is 11.6 Å². The summed E-state index contributed by atoms with van der Waals surface area (Å²) in [5.41, 5.74) is 0.819. The number of aryl methyl sites for hydroxylation is 1. The minimum absolute atomic E-state index is 0.0702. The van der Waals surface area contributed by atoms with Gasteiger partial charge in [-0.3, -0.25) is 0 Å². The van der Waals surface area contributed by atoms with Gasteiger partial charge < -0.3 is 24.8 Å². The number of benzene rings is 1. The fraction of sp³-hybridized carbons (Fsp3) is 0.607. The number of ether oxygens (including phenoxy) is 1. The second kappa shape index (κ2) is 10.7. The molecule has 1 N–H and O–H groups in total. The molecule has 41 heavy (non-hydrogen) atoms. The van der Waals surface area contributed by atoms with Gasteiger partial charge in [-0.2, -0.15) is 10.4 Å². The predicted molar refractivity (Wildman–Crippen MR) is 155 cm³/mol. The number of amides is 1. The highest BCUT2D eigenvalue weighted by Crippen LogP contribution is 2.40. The van der Waals surface area contributed by atoms with Gasteiger partial charge in [0.15, 0.2) is 16.1 Å². The van der Waals surface area contributed by atoms with E-state index in [9.17, 15) is 18.5 Å². The third-order valence-corrected chi connectivity index (χ3v) is 11.5. The van der Waals surface area contributed by atoms with Crippen LogP contribution in [0.3, 0.4) is 0 Å². The van der Waals surface area contributed by atoms with E-state index in [0.717, 1.165) is 62.6 Å². The minimum atomic E-state index is -3.87. The Bertz CT molecular complexity index is 1470. The first-order chi connectivity index (χ1) is 19.6. The average molecular weight is 602 g/mol. The number of likely N-dealkylation sites (N-methyl/N-ethyl adjacent to an activating group) is 1. The molecule has 1 aromatic heterocycles. The van der Waals surface area contributed by atoms with Crippen LogP contribution < -0.4 is 15.1 Å². The fourth-order valence-corrected chi connectivity index (χ4v) is 8.08. The first-order valence-corrected chi connectivity index (χ1v) is 16.2. The molecule has 3 heterocycles. The van der Waals surface area contributed by atoms with Crippen LogP contribution in [0.2, 0.25) is 5.02 Å². The molecule has 2 atom stereocenters. The lowest BCUT2D eigenvalue weighted by Crippen LogP contribution is -2.44. The van der Waals surface area contributed by atoms with Crippen LogP contribution in [0.15, 0.2) is 29.2 Å². The molecule has 2 saturated carbocycles. The predicted octanol–water partition coefficient (Wildman–Crippen LogP) is 3.48. The zero-order valence-electron chi connectivity index (χ0n) is 23.4. The molecule has 2 aromatic rings. The van der Waals surface area contributed by atoms with Crippen molar-refractivity contribution in [1.29, 1.82) is 5.26 Å². The lowest BCUT2D eigenvalue weighted by Gasteiger charge is -2.34. The molecule has 0 unspecified atom stereocenters.